The average molecular weight is 138 g/mol. The fraction of sp³-hybridized carbons (Fsp3) is 0.571. The van der Waals surface area contributed by atoms with Gasteiger partial charge in [-0.2, -0.15) is 0 Å². The lowest BCUT2D eigenvalue weighted by Crippen LogP contribution is -2.19. The molecule has 0 aromatic carbocycles. The summed E-state index contributed by atoms with van der Waals surface area (Å²) >= 11 is 0. The van der Waals surface area contributed by atoms with Crippen LogP contribution in [0.15, 0.2) is 16.8 Å². The van der Waals surface area contributed by atoms with Gasteiger partial charge in [0.05, 0.1) is 6.54 Å². The standard InChI is InChI=1S/C7H10N2O/c1-9-5-10-7-4-8-3-2-6(7)9/h2-3,7H,4-5H2,1H3. The molecular weight excluding hydrogens is 128 g/mol. The Morgan fingerprint density at radius 1 is 1.80 bits per heavy atom. The molecule has 1 saturated heterocycles. The zero-order valence-corrected chi connectivity index (χ0v) is 5.95. The molecule has 10 heavy (non-hydrogen) atoms. The van der Waals surface area contributed by atoms with E-state index >= 15 is 0 Å². The summed E-state index contributed by atoms with van der Waals surface area (Å²) in [5.74, 6) is 0. The predicted molar refractivity (Wildman–Crippen MR) is 38.9 cm³/mol. The Kier molecular flexibility index (Phi) is 1.24. The topological polar surface area (TPSA) is 24.8 Å². The molecule has 0 N–H and O–H groups in total. The lowest BCUT2D eigenvalue weighted by atomic mass is 10.2. The van der Waals surface area contributed by atoms with Crippen molar-refractivity contribution in [2.24, 2.45) is 4.99 Å². The third-order valence-electron chi connectivity index (χ3n) is 1.86. The van der Waals surface area contributed by atoms with E-state index in [1.165, 1.54) is 5.70 Å². The molecule has 0 aromatic rings. The second-order valence-electron chi connectivity index (χ2n) is 2.59. The van der Waals surface area contributed by atoms with Crippen LogP contribution in [0, 0.1) is 0 Å². The van der Waals surface area contributed by atoms with Crippen LogP contribution in [0.3, 0.4) is 0 Å². The van der Waals surface area contributed by atoms with Gasteiger partial charge in [-0.1, -0.05) is 0 Å². The monoisotopic (exact) mass is 138 g/mol. The van der Waals surface area contributed by atoms with Crippen molar-refractivity contribution >= 4 is 6.21 Å². The zero-order valence-electron chi connectivity index (χ0n) is 5.95. The predicted octanol–water partition coefficient (Wildman–Crippen LogP) is 0.243. The number of likely N-dealkylation sites (N-methyl/N-ethyl adjacent to an activating group) is 1. The Balaban J connectivity index is 2.25. The number of dihydropyridines is 1. The molecule has 2 aliphatic rings. The molecule has 1 atom stereocenters. The quantitative estimate of drug-likeness (QED) is 0.479. The van der Waals surface area contributed by atoms with E-state index in [2.05, 4.69) is 9.89 Å². The number of ether oxygens (including phenoxy) is 1. The van der Waals surface area contributed by atoms with Gasteiger partial charge in [-0.05, 0) is 6.08 Å². The van der Waals surface area contributed by atoms with Gasteiger partial charge in [0.25, 0.3) is 0 Å². The number of allylic oxidation sites excluding steroid dienone is 1. The maximum atomic E-state index is 5.41. The van der Waals surface area contributed by atoms with E-state index in [1.807, 2.05) is 19.3 Å². The summed E-state index contributed by atoms with van der Waals surface area (Å²) in [5.41, 5.74) is 1.26. The largest absolute Gasteiger partial charge is 0.353 e. The Morgan fingerprint density at radius 2 is 2.70 bits per heavy atom. The first-order chi connectivity index (χ1) is 4.88. The van der Waals surface area contributed by atoms with Gasteiger partial charge < -0.3 is 9.64 Å². The molecule has 1 fully saturated rings. The Morgan fingerprint density at radius 3 is 3.50 bits per heavy atom. The SMILES string of the molecule is CN1COC2CN=CC=C21. The van der Waals surface area contributed by atoms with Crippen LogP contribution in [0.5, 0.6) is 0 Å². The van der Waals surface area contributed by atoms with E-state index < -0.39 is 0 Å². The number of nitrogens with zero attached hydrogens (tertiary/aromatic N) is 2. The van der Waals surface area contributed by atoms with E-state index in [0.29, 0.717) is 6.73 Å². The van der Waals surface area contributed by atoms with Crippen LogP contribution in [-0.4, -0.2) is 37.5 Å². The summed E-state index contributed by atoms with van der Waals surface area (Å²) < 4.78 is 5.41. The van der Waals surface area contributed by atoms with Gasteiger partial charge >= 0.3 is 0 Å². The van der Waals surface area contributed by atoms with Crippen molar-refractivity contribution < 1.29 is 4.74 Å². The van der Waals surface area contributed by atoms with Crippen molar-refractivity contribution in [1.29, 1.82) is 0 Å². The molecule has 2 rings (SSSR count). The molecule has 3 nitrogen and oxygen atoms in total. The molecule has 2 heterocycles. The molecule has 0 saturated carbocycles. The summed E-state index contributed by atoms with van der Waals surface area (Å²) in [4.78, 5) is 6.21. The molecule has 0 bridgehead atoms. The van der Waals surface area contributed by atoms with Gasteiger partial charge in [0.2, 0.25) is 0 Å². The van der Waals surface area contributed by atoms with Crippen molar-refractivity contribution in [3.8, 4) is 0 Å². The van der Waals surface area contributed by atoms with Gasteiger partial charge in [-0.15, -0.1) is 0 Å². The molecule has 2 aliphatic heterocycles. The van der Waals surface area contributed by atoms with E-state index in [9.17, 15) is 0 Å². The molecular formula is C7H10N2O. The van der Waals surface area contributed by atoms with Crippen LogP contribution in [0.4, 0.5) is 0 Å². The Hall–Kier alpha value is -0.830. The highest BCUT2D eigenvalue weighted by atomic mass is 16.5. The van der Waals surface area contributed by atoms with Gasteiger partial charge in [0.15, 0.2) is 0 Å². The first-order valence-corrected chi connectivity index (χ1v) is 3.40. The van der Waals surface area contributed by atoms with Crippen molar-refractivity contribution in [2.75, 3.05) is 20.3 Å². The van der Waals surface area contributed by atoms with Crippen LogP contribution >= 0.6 is 0 Å². The second kappa shape index (κ2) is 2.09. The smallest absolute Gasteiger partial charge is 0.119 e. The van der Waals surface area contributed by atoms with Crippen molar-refractivity contribution in [1.82, 2.24) is 4.90 Å². The fourth-order valence-corrected chi connectivity index (χ4v) is 1.27. The van der Waals surface area contributed by atoms with Gasteiger partial charge in [0.1, 0.15) is 12.8 Å². The van der Waals surface area contributed by atoms with Gasteiger partial charge in [0, 0.05) is 19.0 Å². The van der Waals surface area contributed by atoms with Crippen molar-refractivity contribution in [3.05, 3.63) is 11.8 Å². The number of hydrogen-bond acceptors (Lipinski definition) is 3. The third-order valence-corrected chi connectivity index (χ3v) is 1.86. The first kappa shape index (κ1) is 5.92. The van der Waals surface area contributed by atoms with Crippen molar-refractivity contribution in [3.63, 3.8) is 0 Å². The fourth-order valence-electron chi connectivity index (χ4n) is 1.27. The highest BCUT2D eigenvalue weighted by Crippen LogP contribution is 2.20. The lowest BCUT2D eigenvalue weighted by Gasteiger charge is -2.14. The minimum Gasteiger partial charge on any atom is -0.353 e. The summed E-state index contributed by atoms with van der Waals surface area (Å²) in [5, 5.41) is 0. The second-order valence-corrected chi connectivity index (χ2v) is 2.59. The molecule has 0 aliphatic carbocycles. The minimum atomic E-state index is 0.231. The van der Waals surface area contributed by atoms with Crippen LogP contribution in [-0.2, 0) is 4.74 Å². The minimum absolute atomic E-state index is 0.231. The highest BCUT2D eigenvalue weighted by molar-refractivity contribution is 5.73. The summed E-state index contributed by atoms with van der Waals surface area (Å²) in [6.07, 6.45) is 4.09. The van der Waals surface area contributed by atoms with E-state index in [-0.39, 0.29) is 6.10 Å². The highest BCUT2D eigenvalue weighted by Gasteiger charge is 2.26. The van der Waals surface area contributed by atoms with E-state index in [4.69, 9.17) is 4.74 Å². The molecule has 0 aromatic heterocycles. The van der Waals surface area contributed by atoms with Crippen LogP contribution in [0.1, 0.15) is 0 Å². The third kappa shape index (κ3) is 0.743. The average Bonchev–Trinajstić information content (AvgIpc) is 2.34. The van der Waals surface area contributed by atoms with Crippen LogP contribution in [0.2, 0.25) is 0 Å². The number of fused-ring (bicyclic) bond motifs is 1. The molecule has 0 spiro atoms. The molecule has 0 radical (unpaired) electrons. The molecule has 1 unspecified atom stereocenters. The van der Waals surface area contributed by atoms with E-state index in [0.717, 1.165) is 6.54 Å². The molecule has 54 valence electrons. The van der Waals surface area contributed by atoms with E-state index in [1.54, 1.807) is 0 Å². The maximum absolute atomic E-state index is 5.41. The maximum Gasteiger partial charge on any atom is 0.119 e. The van der Waals surface area contributed by atoms with Gasteiger partial charge in [-0.3, -0.25) is 4.99 Å². The Labute approximate surface area is 60.0 Å². The molecule has 3 heteroatoms. The summed E-state index contributed by atoms with van der Waals surface area (Å²) in [6.45, 7) is 1.50. The van der Waals surface area contributed by atoms with Gasteiger partial charge in [-0.25, -0.2) is 0 Å². The zero-order chi connectivity index (χ0) is 6.97. The van der Waals surface area contributed by atoms with Crippen molar-refractivity contribution in [2.45, 2.75) is 6.10 Å². The summed E-state index contributed by atoms with van der Waals surface area (Å²) in [6, 6.07) is 0. The number of rotatable bonds is 0. The van der Waals surface area contributed by atoms with Crippen LogP contribution < -0.4 is 0 Å². The first-order valence-electron chi connectivity index (χ1n) is 3.40. The Bertz CT molecular complexity index is 198. The number of aliphatic imine (C=N–C) groups is 1. The lowest BCUT2D eigenvalue weighted by molar-refractivity contribution is 0.101. The van der Waals surface area contributed by atoms with Crippen LogP contribution in [0.25, 0.3) is 0 Å². The summed E-state index contributed by atoms with van der Waals surface area (Å²) in [7, 11) is 2.03. The number of hydrogen-bond donors (Lipinski definition) is 0. The normalized spacial score (nSPS) is 30.3. The molecule has 0 amide bonds.